The summed E-state index contributed by atoms with van der Waals surface area (Å²) in [5, 5.41) is 7.07. The molecule has 1 aliphatic heterocycles. The van der Waals surface area contributed by atoms with E-state index >= 15 is 0 Å². The van der Waals surface area contributed by atoms with Crippen LogP contribution in [0.1, 0.15) is 28.7 Å². The quantitative estimate of drug-likeness (QED) is 0.745. The molecule has 1 fully saturated rings. The summed E-state index contributed by atoms with van der Waals surface area (Å²) < 4.78 is 9.13. The Balaban J connectivity index is 1.40. The Bertz CT molecular complexity index is 726. The van der Waals surface area contributed by atoms with Crippen molar-refractivity contribution in [2.75, 3.05) is 51.3 Å². The van der Waals surface area contributed by atoms with E-state index in [0.717, 1.165) is 57.0 Å². The number of aromatic nitrogens is 2. The molecule has 1 amide bonds. The van der Waals surface area contributed by atoms with Crippen molar-refractivity contribution in [3.63, 3.8) is 0 Å². The molecule has 8 heteroatoms. The summed E-state index contributed by atoms with van der Waals surface area (Å²) in [7, 11) is 1.68. The van der Waals surface area contributed by atoms with E-state index < -0.39 is 0 Å². The van der Waals surface area contributed by atoms with Crippen molar-refractivity contribution in [3.8, 4) is 5.75 Å². The molecule has 1 aliphatic rings. The van der Waals surface area contributed by atoms with Crippen molar-refractivity contribution in [3.05, 3.63) is 34.8 Å². The summed E-state index contributed by atoms with van der Waals surface area (Å²) in [6.07, 6.45) is 1.76. The Morgan fingerprint density at radius 3 is 2.63 bits per heavy atom. The lowest BCUT2D eigenvalue weighted by Crippen LogP contribution is -2.48. The number of nitrogens with one attached hydrogen (secondary N) is 1. The van der Waals surface area contributed by atoms with Crippen LogP contribution in [0.5, 0.6) is 5.75 Å². The van der Waals surface area contributed by atoms with Gasteiger partial charge in [0.1, 0.15) is 10.6 Å². The maximum atomic E-state index is 12.3. The zero-order chi connectivity index (χ0) is 19.1. The molecule has 0 aliphatic carbocycles. The zero-order valence-corrected chi connectivity index (χ0v) is 16.8. The van der Waals surface area contributed by atoms with Crippen LogP contribution < -0.4 is 15.0 Å². The van der Waals surface area contributed by atoms with Gasteiger partial charge in [-0.15, -0.1) is 5.10 Å². The first-order chi connectivity index (χ1) is 13.2. The van der Waals surface area contributed by atoms with E-state index in [1.807, 2.05) is 12.1 Å². The number of anilines is 1. The third-order valence-corrected chi connectivity index (χ3v) is 5.54. The van der Waals surface area contributed by atoms with Gasteiger partial charge in [-0.3, -0.25) is 9.69 Å². The minimum atomic E-state index is -0.0506. The molecule has 1 N–H and O–H groups in total. The second-order valence-electron chi connectivity index (χ2n) is 6.58. The number of carbonyl (C=O) groups excluding carboxylic acids is 1. The van der Waals surface area contributed by atoms with Crippen LogP contribution in [0, 0.1) is 0 Å². The van der Waals surface area contributed by atoms with Crippen molar-refractivity contribution in [1.29, 1.82) is 0 Å². The molecule has 27 heavy (non-hydrogen) atoms. The highest BCUT2D eigenvalue weighted by Crippen LogP contribution is 2.20. The summed E-state index contributed by atoms with van der Waals surface area (Å²) in [6, 6.07) is 8.20. The summed E-state index contributed by atoms with van der Waals surface area (Å²) in [6.45, 7) is 7.53. The van der Waals surface area contributed by atoms with Crippen molar-refractivity contribution >= 4 is 23.1 Å². The number of hydrogen-bond donors (Lipinski definition) is 1. The van der Waals surface area contributed by atoms with Crippen LogP contribution in [-0.4, -0.2) is 66.8 Å². The second-order valence-corrected chi connectivity index (χ2v) is 7.34. The van der Waals surface area contributed by atoms with Gasteiger partial charge in [0, 0.05) is 45.0 Å². The highest BCUT2D eigenvalue weighted by atomic mass is 32.1. The first kappa shape index (κ1) is 19.6. The lowest BCUT2D eigenvalue weighted by atomic mass is 10.2. The zero-order valence-electron chi connectivity index (χ0n) is 16.0. The van der Waals surface area contributed by atoms with E-state index in [1.54, 1.807) is 7.11 Å². The van der Waals surface area contributed by atoms with Gasteiger partial charge in [-0.2, -0.15) is 0 Å². The summed E-state index contributed by atoms with van der Waals surface area (Å²) in [5.74, 6) is 0.830. The highest BCUT2D eigenvalue weighted by molar-refractivity contribution is 7.08. The molecule has 3 rings (SSSR count). The van der Waals surface area contributed by atoms with Crippen molar-refractivity contribution in [2.24, 2.45) is 0 Å². The van der Waals surface area contributed by atoms with Gasteiger partial charge in [0.15, 0.2) is 0 Å². The number of nitrogens with zero attached hydrogens (tertiary/aromatic N) is 4. The Morgan fingerprint density at radius 2 is 1.96 bits per heavy atom. The Morgan fingerprint density at radius 1 is 1.22 bits per heavy atom. The van der Waals surface area contributed by atoms with E-state index in [4.69, 9.17) is 4.74 Å². The molecule has 1 saturated heterocycles. The number of carbonyl (C=O) groups is 1. The number of ether oxygens (including phenoxy) is 1. The second kappa shape index (κ2) is 9.66. The minimum absolute atomic E-state index is 0.0506. The average molecular weight is 390 g/mol. The van der Waals surface area contributed by atoms with Crippen LogP contribution >= 0.6 is 11.5 Å². The van der Waals surface area contributed by atoms with Crippen LogP contribution in [-0.2, 0) is 6.42 Å². The summed E-state index contributed by atoms with van der Waals surface area (Å²) in [5.41, 5.74) is 2.04. The fraction of sp³-hybridized carbons (Fsp3) is 0.526. The Kier molecular flexibility index (Phi) is 7.00. The molecule has 1 aromatic heterocycles. The highest BCUT2D eigenvalue weighted by Gasteiger charge is 2.18. The van der Waals surface area contributed by atoms with Crippen LogP contribution in [0.2, 0.25) is 0 Å². The molecule has 0 unspecified atom stereocenters. The van der Waals surface area contributed by atoms with E-state index in [-0.39, 0.29) is 5.91 Å². The fourth-order valence-electron chi connectivity index (χ4n) is 3.21. The predicted octanol–water partition coefficient (Wildman–Crippen LogP) is 2.05. The molecule has 2 heterocycles. The number of aryl methyl sites for hydroxylation is 1. The third kappa shape index (κ3) is 5.17. The molecular formula is C19H27N5O2S. The van der Waals surface area contributed by atoms with Gasteiger partial charge in [-0.25, -0.2) is 0 Å². The van der Waals surface area contributed by atoms with Gasteiger partial charge in [0.25, 0.3) is 5.91 Å². The molecular weight excluding hydrogens is 362 g/mol. The summed E-state index contributed by atoms with van der Waals surface area (Å²) in [4.78, 5) is 17.7. The molecule has 0 bridgehead atoms. The average Bonchev–Trinajstić information content (AvgIpc) is 3.17. The lowest BCUT2D eigenvalue weighted by molar-refractivity contribution is 0.0950. The van der Waals surface area contributed by atoms with E-state index in [2.05, 4.69) is 43.8 Å². The van der Waals surface area contributed by atoms with Gasteiger partial charge in [0.05, 0.1) is 12.8 Å². The molecule has 0 saturated carbocycles. The van der Waals surface area contributed by atoms with E-state index in [0.29, 0.717) is 11.4 Å². The molecule has 0 radical (unpaired) electrons. The van der Waals surface area contributed by atoms with Crippen LogP contribution in [0.3, 0.4) is 0 Å². The standard InChI is InChI=1S/C19H27N5O2S/c1-3-4-17-18(27-22-21-17)19(25)20-9-10-23-11-13-24(14-12-23)15-5-7-16(26-2)8-6-15/h5-8H,3-4,9-14H2,1-2H3,(H,20,25). The van der Waals surface area contributed by atoms with Crippen molar-refractivity contribution < 1.29 is 9.53 Å². The van der Waals surface area contributed by atoms with E-state index in [1.165, 1.54) is 17.2 Å². The predicted molar refractivity (Wildman–Crippen MR) is 108 cm³/mol. The number of piperazine rings is 1. The normalized spacial score (nSPS) is 15.0. The minimum Gasteiger partial charge on any atom is -0.497 e. The number of rotatable bonds is 8. The maximum absolute atomic E-state index is 12.3. The fourth-order valence-corrected chi connectivity index (χ4v) is 3.84. The molecule has 2 aromatic rings. The number of hydrogen-bond acceptors (Lipinski definition) is 7. The Hall–Kier alpha value is -2.19. The number of benzene rings is 1. The van der Waals surface area contributed by atoms with Crippen molar-refractivity contribution in [2.45, 2.75) is 19.8 Å². The van der Waals surface area contributed by atoms with Crippen LogP contribution in [0.25, 0.3) is 0 Å². The number of methoxy groups -OCH3 is 1. The lowest BCUT2D eigenvalue weighted by Gasteiger charge is -2.36. The maximum Gasteiger partial charge on any atom is 0.264 e. The SMILES string of the molecule is CCCc1nnsc1C(=O)NCCN1CCN(c2ccc(OC)cc2)CC1. The largest absolute Gasteiger partial charge is 0.497 e. The topological polar surface area (TPSA) is 70.6 Å². The summed E-state index contributed by atoms with van der Waals surface area (Å²) >= 11 is 1.18. The molecule has 1 aromatic carbocycles. The smallest absolute Gasteiger partial charge is 0.264 e. The Labute approximate surface area is 164 Å². The van der Waals surface area contributed by atoms with Crippen LogP contribution in [0.4, 0.5) is 5.69 Å². The van der Waals surface area contributed by atoms with Gasteiger partial charge >= 0.3 is 0 Å². The monoisotopic (exact) mass is 389 g/mol. The van der Waals surface area contributed by atoms with Crippen molar-refractivity contribution in [1.82, 2.24) is 19.8 Å². The first-order valence-electron chi connectivity index (χ1n) is 9.42. The van der Waals surface area contributed by atoms with Gasteiger partial charge in [-0.05, 0) is 42.2 Å². The van der Waals surface area contributed by atoms with Gasteiger partial charge < -0.3 is 15.0 Å². The molecule has 0 spiro atoms. The first-order valence-corrected chi connectivity index (χ1v) is 10.2. The molecule has 7 nitrogen and oxygen atoms in total. The third-order valence-electron chi connectivity index (χ3n) is 4.77. The van der Waals surface area contributed by atoms with Gasteiger partial charge in [0.2, 0.25) is 0 Å². The van der Waals surface area contributed by atoms with E-state index in [9.17, 15) is 4.79 Å². The van der Waals surface area contributed by atoms with Gasteiger partial charge in [-0.1, -0.05) is 17.8 Å². The van der Waals surface area contributed by atoms with Crippen LogP contribution in [0.15, 0.2) is 24.3 Å². The molecule has 0 atom stereocenters. The molecule has 146 valence electrons. The number of amides is 1.